The van der Waals surface area contributed by atoms with Gasteiger partial charge in [-0.15, -0.1) is 0 Å². The molecular formula is C18H23N3O4S. The molecule has 2 aromatic rings. The van der Waals surface area contributed by atoms with Gasteiger partial charge < -0.3 is 15.8 Å². The normalized spacial score (nSPS) is 10.2. The molecular weight excluding hydrogens is 354 g/mol. The second kappa shape index (κ2) is 10.3. The quantitative estimate of drug-likeness (QED) is 0.401. The number of anilines is 2. The van der Waals surface area contributed by atoms with Crippen LogP contribution in [0.2, 0.25) is 0 Å². The molecule has 0 spiro atoms. The van der Waals surface area contributed by atoms with Crippen molar-refractivity contribution in [2.24, 2.45) is 0 Å². The average Bonchev–Trinajstić information content (AvgIpc) is 2.57. The van der Waals surface area contributed by atoms with Gasteiger partial charge >= 0.3 is 0 Å². The number of nitrogen functional groups attached to an aromatic ring is 1. The fourth-order valence-corrected chi connectivity index (χ4v) is 2.68. The molecule has 0 atom stereocenters. The van der Waals surface area contributed by atoms with Crippen LogP contribution in [0.15, 0.2) is 47.4 Å². The zero-order chi connectivity index (χ0) is 19.6. The lowest BCUT2D eigenvalue weighted by atomic mass is 10.2. The number of aryl methyl sites for hydroxylation is 1. The highest BCUT2D eigenvalue weighted by molar-refractivity contribution is 7.86. The van der Waals surface area contributed by atoms with Crippen LogP contribution in [0.4, 0.5) is 11.4 Å². The van der Waals surface area contributed by atoms with E-state index in [1.54, 1.807) is 6.92 Å². The van der Waals surface area contributed by atoms with Crippen molar-refractivity contribution in [1.82, 2.24) is 0 Å². The lowest BCUT2D eigenvalue weighted by Gasteiger charge is -2.07. The van der Waals surface area contributed by atoms with Crippen molar-refractivity contribution < 1.29 is 17.7 Å². The van der Waals surface area contributed by atoms with Gasteiger partial charge in [-0.3, -0.25) is 4.55 Å². The Morgan fingerprint density at radius 1 is 1.27 bits per heavy atom. The molecule has 0 aromatic heterocycles. The first-order chi connectivity index (χ1) is 12.3. The molecule has 8 heteroatoms. The summed E-state index contributed by atoms with van der Waals surface area (Å²) in [6.07, 6.45) is 0.550. The number of nitriles is 1. The molecule has 0 saturated heterocycles. The standard InChI is InChI=1S/C10H12N2.C8H11NO4S/c1-9-4-2-5-10(8-9)12-7-3-6-11;1-2-13-7-4-3-6(9)5-8(7)14(10,11)12/h2,4-5,8,12H,3,7H2,1H3;3-5H,2,9H2,1H3,(H,10,11,12). The van der Waals surface area contributed by atoms with E-state index in [-0.39, 0.29) is 16.3 Å². The highest BCUT2D eigenvalue weighted by Gasteiger charge is 2.16. The summed E-state index contributed by atoms with van der Waals surface area (Å²) in [4.78, 5) is -0.306. The fourth-order valence-electron chi connectivity index (χ4n) is 2.02. The van der Waals surface area contributed by atoms with Crippen molar-refractivity contribution in [1.29, 1.82) is 5.26 Å². The van der Waals surface area contributed by atoms with E-state index in [4.69, 9.17) is 20.3 Å². The summed E-state index contributed by atoms with van der Waals surface area (Å²) in [7, 11) is -4.28. The minimum Gasteiger partial charge on any atom is -0.492 e. The first-order valence-electron chi connectivity index (χ1n) is 7.95. The Morgan fingerprint density at radius 3 is 2.58 bits per heavy atom. The van der Waals surface area contributed by atoms with Crippen molar-refractivity contribution >= 4 is 21.5 Å². The number of nitrogens with two attached hydrogens (primary N) is 1. The van der Waals surface area contributed by atoms with Crippen LogP contribution in [-0.4, -0.2) is 26.1 Å². The molecule has 2 rings (SSSR count). The Bertz CT molecular complexity index is 861. The van der Waals surface area contributed by atoms with Gasteiger partial charge in [0, 0.05) is 17.9 Å². The summed E-state index contributed by atoms with van der Waals surface area (Å²) < 4.78 is 35.7. The minimum atomic E-state index is -4.28. The highest BCUT2D eigenvalue weighted by atomic mass is 32.2. The van der Waals surface area contributed by atoms with Crippen LogP contribution in [-0.2, 0) is 10.1 Å². The monoisotopic (exact) mass is 377 g/mol. The number of benzene rings is 2. The van der Waals surface area contributed by atoms with Gasteiger partial charge in [0.05, 0.1) is 19.1 Å². The van der Waals surface area contributed by atoms with Crippen LogP contribution in [0.1, 0.15) is 18.9 Å². The molecule has 0 saturated carbocycles. The second-order valence-electron chi connectivity index (χ2n) is 5.32. The highest BCUT2D eigenvalue weighted by Crippen LogP contribution is 2.25. The predicted octanol–water partition coefficient (Wildman–Crippen LogP) is 3.23. The third kappa shape index (κ3) is 7.42. The van der Waals surface area contributed by atoms with Gasteiger partial charge in [0.1, 0.15) is 10.6 Å². The van der Waals surface area contributed by atoms with E-state index in [1.807, 2.05) is 12.1 Å². The van der Waals surface area contributed by atoms with Crippen LogP contribution in [0.5, 0.6) is 5.75 Å². The molecule has 7 nitrogen and oxygen atoms in total. The zero-order valence-corrected chi connectivity index (χ0v) is 15.6. The van der Waals surface area contributed by atoms with Crippen molar-refractivity contribution in [3.63, 3.8) is 0 Å². The van der Waals surface area contributed by atoms with Crippen LogP contribution >= 0.6 is 0 Å². The van der Waals surface area contributed by atoms with E-state index >= 15 is 0 Å². The number of hydrogen-bond donors (Lipinski definition) is 3. The van der Waals surface area contributed by atoms with Crippen molar-refractivity contribution in [3.8, 4) is 11.8 Å². The number of ether oxygens (including phenoxy) is 1. The van der Waals surface area contributed by atoms with E-state index in [0.717, 1.165) is 18.3 Å². The van der Waals surface area contributed by atoms with Crippen LogP contribution < -0.4 is 15.8 Å². The topological polar surface area (TPSA) is 125 Å². The minimum absolute atomic E-state index is 0.101. The van der Waals surface area contributed by atoms with Crippen molar-refractivity contribution in [3.05, 3.63) is 48.0 Å². The number of nitrogens with zero attached hydrogens (tertiary/aromatic N) is 1. The van der Waals surface area contributed by atoms with Gasteiger partial charge in [-0.2, -0.15) is 13.7 Å². The molecule has 0 aliphatic carbocycles. The van der Waals surface area contributed by atoms with E-state index in [0.29, 0.717) is 13.0 Å². The number of rotatable bonds is 6. The molecule has 0 radical (unpaired) electrons. The van der Waals surface area contributed by atoms with Gasteiger partial charge in [-0.05, 0) is 49.7 Å². The number of hydrogen-bond acceptors (Lipinski definition) is 6. The van der Waals surface area contributed by atoms with Gasteiger partial charge in [0.15, 0.2) is 0 Å². The van der Waals surface area contributed by atoms with Gasteiger partial charge in [-0.1, -0.05) is 12.1 Å². The lowest BCUT2D eigenvalue weighted by molar-refractivity contribution is 0.329. The molecule has 0 aliphatic rings. The Labute approximate surface area is 154 Å². The maximum atomic E-state index is 10.9. The Morgan fingerprint density at radius 2 is 2.00 bits per heavy atom. The molecule has 2 aromatic carbocycles. The van der Waals surface area contributed by atoms with Gasteiger partial charge in [0.2, 0.25) is 0 Å². The third-order valence-electron chi connectivity index (χ3n) is 3.13. The van der Waals surface area contributed by atoms with E-state index in [9.17, 15) is 8.42 Å². The largest absolute Gasteiger partial charge is 0.492 e. The maximum absolute atomic E-state index is 10.9. The molecule has 0 amide bonds. The Kier molecular flexibility index (Phi) is 8.42. The van der Waals surface area contributed by atoms with Crippen LogP contribution in [0.3, 0.4) is 0 Å². The summed E-state index contributed by atoms with van der Waals surface area (Å²) in [5.41, 5.74) is 7.96. The molecule has 0 bridgehead atoms. The number of nitrogens with one attached hydrogen (secondary N) is 1. The SMILES string of the molecule is CCOc1ccc(N)cc1S(=O)(=O)O.Cc1cccc(NCCC#N)c1. The summed E-state index contributed by atoms with van der Waals surface area (Å²) in [5, 5.41) is 11.5. The smallest absolute Gasteiger partial charge is 0.298 e. The van der Waals surface area contributed by atoms with E-state index in [2.05, 4.69) is 30.4 Å². The Balaban J connectivity index is 0.000000263. The predicted molar refractivity (Wildman–Crippen MR) is 102 cm³/mol. The molecule has 26 heavy (non-hydrogen) atoms. The van der Waals surface area contributed by atoms with E-state index in [1.165, 1.54) is 17.7 Å². The zero-order valence-electron chi connectivity index (χ0n) is 14.8. The third-order valence-corrected chi connectivity index (χ3v) is 4.00. The summed E-state index contributed by atoms with van der Waals surface area (Å²) in [5.74, 6) is 0.101. The lowest BCUT2D eigenvalue weighted by Crippen LogP contribution is -2.04. The summed E-state index contributed by atoms with van der Waals surface area (Å²) >= 11 is 0. The molecule has 0 aliphatic heterocycles. The molecule has 4 N–H and O–H groups in total. The maximum Gasteiger partial charge on any atom is 0.298 e. The first kappa shape index (κ1) is 21.3. The van der Waals surface area contributed by atoms with Gasteiger partial charge in [0.25, 0.3) is 10.1 Å². The fraction of sp³-hybridized carbons (Fsp3) is 0.278. The molecule has 0 heterocycles. The summed E-state index contributed by atoms with van der Waals surface area (Å²) in [6, 6.07) is 14.3. The summed E-state index contributed by atoms with van der Waals surface area (Å²) in [6.45, 7) is 4.80. The molecule has 140 valence electrons. The molecule has 0 unspecified atom stereocenters. The Hall–Kier alpha value is -2.76. The average molecular weight is 377 g/mol. The van der Waals surface area contributed by atoms with Crippen molar-refractivity contribution in [2.45, 2.75) is 25.2 Å². The van der Waals surface area contributed by atoms with Gasteiger partial charge in [-0.25, -0.2) is 0 Å². The second-order valence-corrected chi connectivity index (χ2v) is 6.71. The molecule has 0 fully saturated rings. The van der Waals surface area contributed by atoms with Crippen LogP contribution in [0, 0.1) is 18.3 Å². The van der Waals surface area contributed by atoms with E-state index < -0.39 is 10.1 Å². The first-order valence-corrected chi connectivity index (χ1v) is 9.39. The van der Waals surface area contributed by atoms with Crippen LogP contribution in [0.25, 0.3) is 0 Å². The van der Waals surface area contributed by atoms with Crippen molar-refractivity contribution in [2.75, 3.05) is 24.2 Å².